The average Bonchev–Trinajstić information content (AvgIpc) is 2.87. The second kappa shape index (κ2) is 9.99. The maximum Gasteiger partial charge on any atom is 0.247 e. The van der Waals surface area contributed by atoms with Crippen molar-refractivity contribution < 1.29 is 17.9 Å². The Morgan fingerprint density at radius 3 is 2.36 bits per heavy atom. The number of carbonyl (C=O) groups is 1. The van der Waals surface area contributed by atoms with Crippen molar-refractivity contribution in [1.29, 1.82) is 0 Å². The van der Waals surface area contributed by atoms with Crippen molar-refractivity contribution in [2.75, 3.05) is 13.7 Å². The minimum Gasteiger partial charge on any atom is -0.496 e. The zero-order chi connectivity index (χ0) is 25.6. The summed E-state index contributed by atoms with van der Waals surface area (Å²) in [5.74, 6) is 0.529. The molecule has 2 aliphatic rings. The van der Waals surface area contributed by atoms with Gasteiger partial charge < -0.3 is 9.64 Å². The summed E-state index contributed by atoms with van der Waals surface area (Å²) >= 11 is 16.2. The van der Waals surface area contributed by atoms with Gasteiger partial charge in [0.2, 0.25) is 15.9 Å². The van der Waals surface area contributed by atoms with Crippen LogP contribution in [0.5, 0.6) is 5.75 Å². The Morgan fingerprint density at radius 1 is 0.972 bits per heavy atom. The highest BCUT2D eigenvalue weighted by Crippen LogP contribution is 2.38. The number of halogens is 3. The van der Waals surface area contributed by atoms with Crippen molar-refractivity contribution in [2.45, 2.75) is 36.9 Å². The minimum absolute atomic E-state index is 0.0236. The third-order valence-electron chi connectivity index (χ3n) is 6.82. The molecule has 0 saturated heterocycles. The number of nitrogens with zero attached hydrogens (tertiary/aromatic N) is 2. The number of benzene rings is 3. The quantitative estimate of drug-likeness (QED) is 0.394. The molecular weight excluding hydrogens is 587 g/mol. The second-order valence-corrected chi connectivity index (χ2v) is 12.3. The summed E-state index contributed by atoms with van der Waals surface area (Å²) in [6.07, 6.45) is 0.870. The first kappa shape index (κ1) is 25.5. The van der Waals surface area contributed by atoms with E-state index in [1.54, 1.807) is 18.1 Å². The van der Waals surface area contributed by atoms with Gasteiger partial charge in [0.1, 0.15) is 16.7 Å². The van der Waals surface area contributed by atoms with Crippen LogP contribution in [0.1, 0.15) is 22.3 Å². The van der Waals surface area contributed by atoms with Gasteiger partial charge in [0, 0.05) is 29.7 Å². The van der Waals surface area contributed by atoms with Crippen LogP contribution >= 0.6 is 39.1 Å². The lowest BCUT2D eigenvalue weighted by atomic mass is 9.93. The van der Waals surface area contributed by atoms with Crippen LogP contribution < -0.4 is 4.74 Å². The molecule has 0 radical (unpaired) electrons. The molecule has 5 rings (SSSR count). The Bertz CT molecular complexity index is 1440. The summed E-state index contributed by atoms with van der Waals surface area (Å²) in [5, 5.41) is 0.0472. The van der Waals surface area contributed by atoms with Crippen LogP contribution in [0.25, 0.3) is 0 Å². The zero-order valence-corrected chi connectivity index (χ0v) is 23.3. The maximum absolute atomic E-state index is 14.0. The molecule has 0 aromatic heterocycles. The topological polar surface area (TPSA) is 66.9 Å². The molecule has 188 valence electrons. The molecule has 2 aliphatic heterocycles. The molecule has 10 heteroatoms. The number of fused-ring (bicyclic) bond motifs is 2. The van der Waals surface area contributed by atoms with Crippen LogP contribution in [-0.2, 0) is 40.7 Å². The molecule has 36 heavy (non-hydrogen) atoms. The van der Waals surface area contributed by atoms with Crippen molar-refractivity contribution in [2.24, 2.45) is 0 Å². The van der Waals surface area contributed by atoms with Crippen LogP contribution in [0, 0.1) is 0 Å². The second-order valence-electron chi connectivity index (χ2n) is 8.81. The molecule has 2 heterocycles. The number of hydrogen-bond donors (Lipinski definition) is 0. The van der Waals surface area contributed by atoms with Crippen molar-refractivity contribution in [3.05, 3.63) is 91.4 Å². The molecule has 1 amide bonds. The van der Waals surface area contributed by atoms with Crippen LogP contribution in [0.3, 0.4) is 0 Å². The van der Waals surface area contributed by atoms with E-state index in [9.17, 15) is 13.2 Å². The fourth-order valence-corrected chi connectivity index (χ4v) is 8.15. The number of sulfonamides is 1. The summed E-state index contributed by atoms with van der Waals surface area (Å²) in [7, 11) is -2.56. The number of rotatable bonds is 4. The molecule has 0 bridgehead atoms. The summed E-state index contributed by atoms with van der Waals surface area (Å²) in [5.41, 5.74) is 3.82. The maximum atomic E-state index is 14.0. The van der Waals surface area contributed by atoms with Crippen molar-refractivity contribution in [1.82, 2.24) is 9.21 Å². The van der Waals surface area contributed by atoms with Gasteiger partial charge in [-0.15, -0.1) is 0 Å². The van der Waals surface area contributed by atoms with Crippen molar-refractivity contribution in [3.8, 4) is 5.75 Å². The van der Waals surface area contributed by atoms with E-state index in [-0.39, 0.29) is 33.8 Å². The highest BCUT2D eigenvalue weighted by atomic mass is 79.9. The molecule has 0 fully saturated rings. The largest absolute Gasteiger partial charge is 0.496 e. The van der Waals surface area contributed by atoms with Gasteiger partial charge in [-0.25, -0.2) is 8.42 Å². The van der Waals surface area contributed by atoms with E-state index in [0.717, 1.165) is 32.5 Å². The summed E-state index contributed by atoms with van der Waals surface area (Å²) in [6, 6.07) is 15.0. The van der Waals surface area contributed by atoms with E-state index >= 15 is 0 Å². The predicted octanol–water partition coefficient (Wildman–Crippen LogP) is 5.47. The smallest absolute Gasteiger partial charge is 0.247 e. The monoisotopic (exact) mass is 608 g/mol. The predicted molar refractivity (Wildman–Crippen MR) is 143 cm³/mol. The SMILES string of the molecule is COc1ccc(Br)c2c1CCN(C(=O)C1Cc3ccccc3CN1S(=O)(=O)c1c(Cl)cccc1Cl)C2. The van der Waals surface area contributed by atoms with E-state index in [4.69, 9.17) is 27.9 Å². The molecule has 0 spiro atoms. The molecule has 3 aromatic carbocycles. The van der Waals surface area contributed by atoms with E-state index in [0.29, 0.717) is 19.5 Å². The molecule has 0 aliphatic carbocycles. The van der Waals surface area contributed by atoms with E-state index in [2.05, 4.69) is 15.9 Å². The van der Waals surface area contributed by atoms with Gasteiger partial charge in [-0.3, -0.25) is 4.79 Å². The van der Waals surface area contributed by atoms with Crippen molar-refractivity contribution in [3.63, 3.8) is 0 Å². The highest BCUT2D eigenvalue weighted by molar-refractivity contribution is 9.10. The van der Waals surface area contributed by atoms with Crippen LogP contribution in [-0.4, -0.2) is 43.2 Å². The summed E-state index contributed by atoms with van der Waals surface area (Å²) < 4.78 is 35.5. The lowest BCUT2D eigenvalue weighted by Gasteiger charge is -2.39. The van der Waals surface area contributed by atoms with Crippen molar-refractivity contribution >= 4 is 55.1 Å². The Kier molecular flexibility index (Phi) is 7.09. The lowest BCUT2D eigenvalue weighted by Crippen LogP contribution is -2.54. The van der Waals surface area contributed by atoms with E-state index in [1.807, 2.05) is 36.4 Å². The first-order chi connectivity index (χ1) is 17.2. The average molecular weight is 610 g/mol. The van der Waals surface area contributed by atoms with Crippen LogP contribution in [0.4, 0.5) is 0 Å². The molecule has 0 saturated carbocycles. The molecular formula is C26H23BrCl2N2O4S. The van der Waals surface area contributed by atoms with Gasteiger partial charge in [0.05, 0.1) is 17.2 Å². The zero-order valence-electron chi connectivity index (χ0n) is 19.4. The molecule has 0 N–H and O–H groups in total. The fourth-order valence-electron chi connectivity index (χ4n) is 5.00. The first-order valence-electron chi connectivity index (χ1n) is 11.4. The van der Waals surface area contributed by atoms with Gasteiger partial charge >= 0.3 is 0 Å². The van der Waals surface area contributed by atoms with Gasteiger partial charge in [-0.05, 0) is 53.8 Å². The number of carbonyl (C=O) groups excluding carboxylic acids is 1. The van der Waals surface area contributed by atoms with Crippen LogP contribution in [0.2, 0.25) is 10.0 Å². The Morgan fingerprint density at radius 2 is 1.67 bits per heavy atom. The molecule has 1 atom stereocenters. The lowest BCUT2D eigenvalue weighted by molar-refractivity contribution is -0.136. The number of amides is 1. The minimum atomic E-state index is -4.19. The van der Waals surface area contributed by atoms with E-state index < -0.39 is 16.1 Å². The summed E-state index contributed by atoms with van der Waals surface area (Å²) in [6.45, 7) is 0.862. The van der Waals surface area contributed by atoms with Crippen LogP contribution in [0.15, 0.2) is 64.0 Å². The van der Waals surface area contributed by atoms with Gasteiger partial charge in [0.15, 0.2) is 0 Å². The fraction of sp³-hybridized carbons (Fsp3) is 0.269. The van der Waals surface area contributed by atoms with Gasteiger partial charge in [0.25, 0.3) is 0 Å². The first-order valence-corrected chi connectivity index (χ1v) is 14.4. The third-order valence-corrected chi connectivity index (χ3v) is 10.4. The Labute approximate surface area is 228 Å². The normalized spacial score (nSPS) is 17.9. The van der Waals surface area contributed by atoms with Gasteiger partial charge in [-0.1, -0.05) is 69.5 Å². The van der Waals surface area contributed by atoms with Gasteiger partial charge in [-0.2, -0.15) is 4.31 Å². The molecule has 6 nitrogen and oxygen atoms in total. The van der Waals surface area contributed by atoms with E-state index in [1.165, 1.54) is 16.4 Å². The third kappa shape index (κ3) is 4.43. The Hall–Kier alpha value is -2.10. The summed E-state index contributed by atoms with van der Waals surface area (Å²) in [4.78, 5) is 15.5. The highest BCUT2D eigenvalue weighted by Gasteiger charge is 2.43. The number of methoxy groups -OCH3 is 1. The molecule has 3 aromatic rings. The molecule has 1 unspecified atom stereocenters. The number of hydrogen-bond acceptors (Lipinski definition) is 4. The standard InChI is InChI=1S/C26H23BrCl2N2O4S/c1-35-24-10-9-20(27)19-15-30(12-11-18(19)24)26(32)23-13-16-5-2-3-6-17(16)14-31(23)36(33,34)25-21(28)7-4-8-22(25)29/h2-10,23H,11-15H2,1H3. The Balaban J connectivity index is 1.55. The number of ether oxygens (including phenoxy) is 1.